The number of carbonyl (C=O) groups excluding carboxylic acids is 2. The van der Waals surface area contributed by atoms with Gasteiger partial charge in [-0.05, 0) is 54.1 Å². The van der Waals surface area contributed by atoms with Gasteiger partial charge in [-0.2, -0.15) is 0 Å². The lowest BCUT2D eigenvalue weighted by Crippen LogP contribution is -2.30. The van der Waals surface area contributed by atoms with Crippen LogP contribution in [0.4, 0.5) is 5.69 Å². The average Bonchev–Trinajstić information content (AvgIpc) is 2.88. The summed E-state index contributed by atoms with van der Waals surface area (Å²) in [5, 5.41) is 5.48. The van der Waals surface area contributed by atoms with Crippen molar-refractivity contribution in [1.29, 1.82) is 0 Å². The lowest BCUT2D eigenvalue weighted by molar-refractivity contribution is -0.113. The SMILES string of the molecule is COc1ccc(/C=C(/NC(=O)c2ccc(OC)c(OC)c2)C(=O)Nc2ccccc2OC)cc1. The number of methoxy groups -OCH3 is 4. The molecular formula is C26H26N2O6. The molecule has 0 aliphatic heterocycles. The zero-order chi connectivity index (χ0) is 24.5. The Kier molecular flexibility index (Phi) is 8.12. The Labute approximate surface area is 198 Å². The Balaban J connectivity index is 1.93. The Morgan fingerprint density at radius 1 is 0.735 bits per heavy atom. The van der Waals surface area contributed by atoms with E-state index in [4.69, 9.17) is 18.9 Å². The first-order valence-electron chi connectivity index (χ1n) is 10.3. The van der Waals surface area contributed by atoms with Gasteiger partial charge >= 0.3 is 0 Å². The molecule has 8 heteroatoms. The maximum Gasteiger partial charge on any atom is 0.272 e. The number of hydrogen-bond acceptors (Lipinski definition) is 6. The maximum absolute atomic E-state index is 13.2. The highest BCUT2D eigenvalue weighted by Crippen LogP contribution is 2.28. The molecule has 8 nitrogen and oxygen atoms in total. The monoisotopic (exact) mass is 462 g/mol. The Bertz CT molecular complexity index is 1190. The van der Waals surface area contributed by atoms with Crippen molar-refractivity contribution in [3.05, 3.63) is 83.6 Å². The second-order valence-corrected chi connectivity index (χ2v) is 7.01. The average molecular weight is 463 g/mol. The largest absolute Gasteiger partial charge is 0.497 e. The van der Waals surface area contributed by atoms with Crippen molar-refractivity contribution in [2.24, 2.45) is 0 Å². The van der Waals surface area contributed by atoms with Crippen LogP contribution < -0.4 is 29.6 Å². The summed E-state index contributed by atoms with van der Waals surface area (Å²) in [6.45, 7) is 0. The van der Waals surface area contributed by atoms with Crippen molar-refractivity contribution in [1.82, 2.24) is 5.32 Å². The minimum atomic E-state index is -0.519. The fraction of sp³-hybridized carbons (Fsp3) is 0.154. The lowest BCUT2D eigenvalue weighted by Gasteiger charge is -2.14. The first-order chi connectivity index (χ1) is 16.5. The highest BCUT2D eigenvalue weighted by molar-refractivity contribution is 6.11. The fourth-order valence-electron chi connectivity index (χ4n) is 3.13. The van der Waals surface area contributed by atoms with E-state index in [0.29, 0.717) is 39.8 Å². The minimum absolute atomic E-state index is 0.0378. The van der Waals surface area contributed by atoms with E-state index in [2.05, 4.69) is 10.6 Å². The summed E-state index contributed by atoms with van der Waals surface area (Å²) >= 11 is 0. The standard InChI is InChI=1S/C26H26N2O6/c1-31-19-12-9-17(10-13-19)15-21(26(30)27-20-7-5-6-8-22(20)32-2)28-25(29)18-11-14-23(33-3)24(16-18)34-4/h5-16H,1-4H3,(H,27,30)(H,28,29)/b21-15+. The highest BCUT2D eigenvalue weighted by Gasteiger charge is 2.18. The predicted octanol–water partition coefficient (Wildman–Crippen LogP) is 4.13. The van der Waals surface area contributed by atoms with Crippen LogP contribution >= 0.6 is 0 Å². The number of amides is 2. The molecule has 0 aliphatic carbocycles. The molecule has 0 heterocycles. The topological polar surface area (TPSA) is 95.1 Å². The molecule has 0 fully saturated rings. The van der Waals surface area contributed by atoms with E-state index in [0.717, 1.165) is 0 Å². The lowest BCUT2D eigenvalue weighted by atomic mass is 10.1. The molecule has 3 aromatic carbocycles. The quantitative estimate of drug-likeness (QED) is 0.465. The second kappa shape index (κ2) is 11.4. The molecule has 0 atom stereocenters. The van der Waals surface area contributed by atoms with Gasteiger partial charge in [0, 0.05) is 5.56 Å². The molecule has 0 radical (unpaired) electrons. The van der Waals surface area contributed by atoms with Gasteiger partial charge in [0.15, 0.2) is 11.5 Å². The Morgan fingerprint density at radius 2 is 1.41 bits per heavy atom. The van der Waals surface area contributed by atoms with E-state index >= 15 is 0 Å². The van der Waals surface area contributed by atoms with Gasteiger partial charge < -0.3 is 29.6 Å². The van der Waals surface area contributed by atoms with Crippen LogP contribution in [0.5, 0.6) is 23.0 Å². The number of carbonyl (C=O) groups is 2. The van der Waals surface area contributed by atoms with Gasteiger partial charge in [0.05, 0.1) is 34.1 Å². The smallest absolute Gasteiger partial charge is 0.272 e. The molecule has 0 unspecified atom stereocenters. The zero-order valence-corrected chi connectivity index (χ0v) is 19.4. The van der Waals surface area contributed by atoms with Gasteiger partial charge in [-0.3, -0.25) is 9.59 Å². The van der Waals surface area contributed by atoms with E-state index in [9.17, 15) is 9.59 Å². The van der Waals surface area contributed by atoms with Crippen LogP contribution in [-0.4, -0.2) is 40.3 Å². The van der Waals surface area contributed by atoms with Crippen molar-refractivity contribution in [2.75, 3.05) is 33.8 Å². The number of anilines is 1. The third-order valence-corrected chi connectivity index (χ3v) is 4.92. The number of rotatable bonds is 9. The van der Waals surface area contributed by atoms with E-state index in [-0.39, 0.29) is 5.70 Å². The van der Waals surface area contributed by atoms with Gasteiger partial charge in [0.2, 0.25) is 0 Å². The zero-order valence-electron chi connectivity index (χ0n) is 19.4. The summed E-state index contributed by atoms with van der Waals surface area (Å²) in [7, 11) is 6.07. The van der Waals surface area contributed by atoms with Gasteiger partial charge in [-0.1, -0.05) is 24.3 Å². The van der Waals surface area contributed by atoms with E-state index in [1.165, 1.54) is 27.4 Å². The summed E-state index contributed by atoms with van der Waals surface area (Å²) in [4.78, 5) is 26.2. The normalized spacial score (nSPS) is 10.8. The molecule has 3 aromatic rings. The molecule has 0 saturated carbocycles. The highest BCUT2D eigenvalue weighted by atomic mass is 16.5. The summed E-state index contributed by atoms with van der Waals surface area (Å²) < 4.78 is 21.0. The van der Waals surface area contributed by atoms with E-state index in [1.807, 2.05) is 0 Å². The summed E-state index contributed by atoms with van der Waals surface area (Å²) in [6, 6.07) is 18.8. The van der Waals surface area contributed by atoms with Gasteiger partial charge in [-0.25, -0.2) is 0 Å². The summed E-state index contributed by atoms with van der Waals surface area (Å²) in [5.41, 5.74) is 1.49. The van der Waals surface area contributed by atoms with Crippen molar-refractivity contribution < 1.29 is 28.5 Å². The number of hydrogen-bond donors (Lipinski definition) is 2. The van der Waals surface area contributed by atoms with Crippen LogP contribution in [0.15, 0.2) is 72.4 Å². The van der Waals surface area contributed by atoms with E-state index in [1.54, 1.807) is 73.8 Å². The van der Waals surface area contributed by atoms with Crippen LogP contribution in [-0.2, 0) is 4.79 Å². The summed E-state index contributed by atoms with van der Waals surface area (Å²) in [6.07, 6.45) is 1.57. The first kappa shape index (κ1) is 24.2. The molecule has 2 amide bonds. The maximum atomic E-state index is 13.2. The van der Waals surface area contributed by atoms with Crippen LogP contribution in [0.2, 0.25) is 0 Å². The summed E-state index contributed by atoms with van der Waals surface area (Å²) in [5.74, 6) is 1.04. The van der Waals surface area contributed by atoms with Crippen molar-refractivity contribution in [3.63, 3.8) is 0 Å². The molecule has 2 N–H and O–H groups in total. The molecule has 0 saturated heterocycles. The molecule has 0 aliphatic rings. The Morgan fingerprint density at radius 3 is 2.06 bits per heavy atom. The fourth-order valence-corrected chi connectivity index (χ4v) is 3.13. The molecule has 176 valence electrons. The third kappa shape index (κ3) is 5.86. The van der Waals surface area contributed by atoms with Crippen molar-refractivity contribution in [2.45, 2.75) is 0 Å². The molecule has 0 bridgehead atoms. The number of ether oxygens (including phenoxy) is 4. The number of para-hydroxylation sites is 2. The van der Waals surface area contributed by atoms with Crippen molar-refractivity contribution in [3.8, 4) is 23.0 Å². The molecule has 0 spiro atoms. The molecule has 34 heavy (non-hydrogen) atoms. The first-order valence-corrected chi connectivity index (χ1v) is 10.3. The molecule has 3 rings (SSSR count). The molecular weight excluding hydrogens is 436 g/mol. The third-order valence-electron chi connectivity index (χ3n) is 4.92. The van der Waals surface area contributed by atoms with Gasteiger partial charge in [0.25, 0.3) is 11.8 Å². The second-order valence-electron chi connectivity index (χ2n) is 7.01. The predicted molar refractivity (Wildman–Crippen MR) is 130 cm³/mol. The van der Waals surface area contributed by atoms with Crippen LogP contribution in [0, 0.1) is 0 Å². The van der Waals surface area contributed by atoms with E-state index < -0.39 is 11.8 Å². The van der Waals surface area contributed by atoms with Crippen LogP contribution in [0.1, 0.15) is 15.9 Å². The number of nitrogens with one attached hydrogen (secondary N) is 2. The minimum Gasteiger partial charge on any atom is -0.497 e. The van der Waals surface area contributed by atoms with Gasteiger partial charge in [-0.15, -0.1) is 0 Å². The van der Waals surface area contributed by atoms with Crippen LogP contribution in [0.3, 0.4) is 0 Å². The number of benzene rings is 3. The molecule has 0 aromatic heterocycles. The van der Waals surface area contributed by atoms with Gasteiger partial charge in [0.1, 0.15) is 17.2 Å². The van der Waals surface area contributed by atoms with Crippen LogP contribution in [0.25, 0.3) is 6.08 Å². The Hall–Kier alpha value is -4.46. The van der Waals surface area contributed by atoms with Crippen molar-refractivity contribution >= 4 is 23.6 Å².